The third-order valence-electron chi connectivity index (χ3n) is 4.29. The van der Waals surface area contributed by atoms with E-state index in [0.717, 1.165) is 22.2 Å². The van der Waals surface area contributed by atoms with Crippen LogP contribution in [0.3, 0.4) is 0 Å². The SMILES string of the molecule is COc1ccc(C(C)NC(=O)/C=C/c2ccc3ccccc3n2)c(OC)c1. The first-order valence-corrected chi connectivity index (χ1v) is 8.67. The quantitative estimate of drug-likeness (QED) is 0.670. The summed E-state index contributed by atoms with van der Waals surface area (Å²) >= 11 is 0. The monoisotopic (exact) mass is 362 g/mol. The molecule has 0 bridgehead atoms. The number of para-hydroxylation sites is 1. The molecule has 1 aromatic heterocycles. The van der Waals surface area contributed by atoms with E-state index >= 15 is 0 Å². The van der Waals surface area contributed by atoms with Gasteiger partial charge in [0.2, 0.25) is 5.91 Å². The largest absolute Gasteiger partial charge is 0.497 e. The van der Waals surface area contributed by atoms with Gasteiger partial charge in [0.05, 0.1) is 31.5 Å². The molecule has 0 fully saturated rings. The third-order valence-corrected chi connectivity index (χ3v) is 4.29. The van der Waals surface area contributed by atoms with Gasteiger partial charge in [-0.2, -0.15) is 0 Å². The predicted molar refractivity (Wildman–Crippen MR) is 107 cm³/mol. The zero-order valence-corrected chi connectivity index (χ0v) is 15.6. The van der Waals surface area contributed by atoms with Crippen LogP contribution in [0.25, 0.3) is 17.0 Å². The van der Waals surface area contributed by atoms with Crippen LogP contribution < -0.4 is 14.8 Å². The molecule has 138 valence electrons. The second-order valence-electron chi connectivity index (χ2n) is 6.10. The average Bonchev–Trinajstić information content (AvgIpc) is 2.71. The minimum absolute atomic E-state index is 0.199. The number of rotatable bonds is 6. The van der Waals surface area contributed by atoms with Crippen LogP contribution in [0.15, 0.2) is 60.7 Å². The summed E-state index contributed by atoms with van der Waals surface area (Å²) in [4.78, 5) is 16.8. The number of hydrogen-bond donors (Lipinski definition) is 1. The summed E-state index contributed by atoms with van der Waals surface area (Å²) < 4.78 is 10.6. The fraction of sp³-hybridized carbons (Fsp3) is 0.182. The van der Waals surface area contributed by atoms with Crippen LogP contribution in [0, 0.1) is 0 Å². The summed E-state index contributed by atoms with van der Waals surface area (Å²) in [5.41, 5.74) is 2.51. The Bertz CT molecular complexity index is 982. The molecule has 1 atom stereocenters. The minimum atomic E-state index is -0.215. The standard InChI is InChI=1S/C22H22N2O3/c1-15(19-12-11-18(26-2)14-21(19)27-3)23-22(25)13-10-17-9-8-16-6-4-5-7-20(16)24-17/h4-15H,1-3H3,(H,23,25)/b13-10+. The highest BCUT2D eigenvalue weighted by atomic mass is 16.5. The first kappa shape index (κ1) is 18.5. The molecule has 0 aliphatic rings. The Balaban J connectivity index is 1.70. The van der Waals surface area contributed by atoms with E-state index in [-0.39, 0.29) is 11.9 Å². The number of fused-ring (bicyclic) bond motifs is 1. The minimum Gasteiger partial charge on any atom is -0.497 e. The molecule has 1 amide bonds. The topological polar surface area (TPSA) is 60.5 Å². The van der Waals surface area contributed by atoms with Crippen LogP contribution >= 0.6 is 0 Å². The van der Waals surface area contributed by atoms with Crippen LogP contribution in [-0.2, 0) is 4.79 Å². The molecule has 1 N–H and O–H groups in total. The molecule has 5 heteroatoms. The van der Waals surface area contributed by atoms with Crippen molar-refractivity contribution in [3.05, 3.63) is 71.9 Å². The molecule has 2 aromatic carbocycles. The zero-order valence-electron chi connectivity index (χ0n) is 15.6. The van der Waals surface area contributed by atoms with Crippen LogP contribution in [0.5, 0.6) is 11.5 Å². The number of nitrogens with one attached hydrogen (secondary N) is 1. The van der Waals surface area contributed by atoms with Crippen molar-refractivity contribution in [2.24, 2.45) is 0 Å². The Morgan fingerprint density at radius 1 is 1.07 bits per heavy atom. The van der Waals surface area contributed by atoms with Gasteiger partial charge in [0, 0.05) is 23.1 Å². The van der Waals surface area contributed by atoms with Crippen molar-refractivity contribution >= 4 is 22.9 Å². The number of ether oxygens (including phenoxy) is 2. The molecule has 0 saturated heterocycles. The predicted octanol–water partition coefficient (Wildman–Crippen LogP) is 4.14. The lowest BCUT2D eigenvalue weighted by Gasteiger charge is -2.17. The van der Waals surface area contributed by atoms with E-state index < -0.39 is 0 Å². The van der Waals surface area contributed by atoms with Crippen LogP contribution in [0.2, 0.25) is 0 Å². The summed E-state index contributed by atoms with van der Waals surface area (Å²) in [5, 5.41) is 4.01. The molecule has 0 spiro atoms. The maximum atomic E-state index is 12.3. The number of aromatic nitrogens is 1. The Kier molecular flexibility index (Phi) is 5.71. The molecular formula is C22H22N2O3. The van der Waals surface area contributed by atoms with Gasteiger partial charge in [0.25, 0.3) is 0 Å². The van der Waals surface area contributed by atoms with E-state index in [1.807, 2.05) is 55.5 Å². The molecule has 1 unspecified atom stereocenters. The number of amides is 1. The fourth-order valence-corrected chi connectivity index (χ4v) is 2.85. The van der Waals surface area contributed by atoms with Gasteiger partial charge in [-0.05, 0) is 37.3 Å². The summed E-state index contributed by atoms with van der Waals surface area (Å²) in [5.74, 6) is 1.18. The van der Waals surface area contributed by atoms with Gasteiger partial charge in [-0.25, -0.2) is 4.98 Å². The van der Waals surface area contributed by atoms with Gasteiger partial charge in [-0.3, -0.25) is 4.79 Å². The van der Waals surface area contributed by atoms with Gasteiger partial charge in [0.1, 0.15) is 11.5 Å². The molecule has 27 heavy (non-hydrogen) atoms. The molecule has 0 saturated carbocycles. The molecule has 5 nitrogen and oxygen atoms in total. The van der Waals surface area contributed by atoms with Crippen LogP contribution in [0.1, 0.15) is 24.2 Å². The number of carbonyl (C=O) groups is 1. The number of carbonyl (C=O) groups excluding carboxylic acids is 1. The summed E-state index contributed by atoms with van der Waals surface area (Å²) in [7, 11) is 3.20. The van der Waals surface area contributed by atoms with Crippen molar-refractivity contribution in [2.75, 3.05) is 14.2 Å². The highest BCUT2D eigenvalue weighted by molar-refractivity contribution is 5.92. The summed E-state index contributed by atoms with van der Waals surface area (Å²) in [6, 6.07) is 17.1. The summed E-state index contributed by atoms with van der Waals surface area (Å²) in [6.45, 7) is 1.91. The molecule has 0 aliphatic heterocycles. The lowest BCUT2D eigenvalue weighted by atomic mass is 10.1. The number of pyridine rings is 1. The molecule has 0 radical (unpaired) electrons. The lowest BCUT2D eigenvalue weighted by Crippen LogP contribution is -2.25. The number of hydrogen-bond acceptors (Lipinski definition) is 4. The van der Waals surface area contributed by atoms with E-state index in [4.69, 9.17) is 9.47 Å². The maximum Gasteiger partial charge on any atom is 0.244 e. The summed E-state index contributed by atoms with van der Waals surface area (Å²) in [6.07, 6.45) is 3.20. The number of benzene rings is 2. The Morgan fingerprint density at radius 3 is 2.67 bits per heavy atom. The molecule has 1 heterocycles. The van der Waals surface area contributed by atoms with Crippen LogP contribution in [0.4, 0.5) is 0 Å². The van der Waals surface area contributed by atoms with Crippen molar-refractivity contribution in [3.63, 3.8) is 0 Å². The first-order valence-electron chi connectivity index (χ1n) is 8.67. The normalized spacial score (nSPS) is 12.1. The zero-order chi connectivity index (χ0) is 19.2. The van der Waals surface area contributed by atoms with E-state index in [0.29, 0.717) is 11.5 Å². The second kappa shape index (κ2) is 8.36. The fourth-order valence-electron chi connectivity index (χ4n) is 2.85. The van der Waals surface area contributed by atoms with E-state index in [2.05, 4.69) is 10.3 Å². The molecule has 3 aromatic rings. The highest BCUT2D eigenvalue weighted by Crippen LogP contribution is 2.29. The number of nitrogens with zero attached hydrogens (tertiary/aromatic N) is 1. The van der Waals surface area contributed by atoms with Gasteiger partial charge in [-0.15, -0.1) is 0 Å². The lowest BCUT2D eigenvalue weighted by molar-refractivity contribution is -0.117. The van der Waals surface area contributed by atoms with E-state index in [1.54, 1.807) is 26.4 Å². The molecular weight excluding hydrogens is 340 g/mol. The van der Waals surface area contributed by atoms with Gasteiger partial charge < -0.3 is 14.8 Å². The first-order chi connectivity index (χ1) is 13.1. The van der Waals surface area contributed by atoms with Gasteiger partial charge in [0.15, 0.2) is 0 Å². The maximum absolute atomic E-state index is 12.3. The number of methoxy groups -OCH3 is 2. The second-order valence-corrected chi connectivity index (χ2v) is 6.10. The molecule has 3 rings (SSSR count). The van der Waals surface area contributed by atoms with E-state index in [1.165, 1.54) is 6.08 Å². The van der Waals surface area contributed by atoms with Crippen molar-refractivity contribution in [3.8, 4) is 11.5 Å². The van der Waals surface area contributed by atoms with Crippen molar-refractivity contribution < 1.29 is 14.3 Å². The van der Waals surface area contributed by atoms with Crippen molar-refractivity contribution in [1.82, 2.24) is 10.3 Å². The van der Waals surface area contributed by atoms with Crippen molar-refractivity contribution in [1.29, 1.82) is 0 Å². The Morgan fingerprint density at radius 2 is 1.89 bits per heavy atom. The van der Waals surface area contributed by atoms with E-state index in [9.17, 15) is 4.79 Å². The van der Waals surface area contributed by atoms with Gasteiger partial charge in [-0.1, -0.05) is 24.3 Å². The third kappa shape index (κ3) is 4.44. The Hall–Kier alpha value is -3.34. The molecule has 0 aliphatic carbocycles. The highest BCUT2D eigenvalue weighted by Gasteiger charge is 2.13. The van der Waals surface area contributed by atoms with Crippen LogP contribution in [-0.4, -0.2) is 25.1 Å². The average molecular weight is 362 g/mol. The smallest absolute Gasteiger partial charge is 0.244 e. The Labute approximate surface area is 158 Å². The van der Waals surface area contributed by atoms with Crippen molar-refractivity contribution in [2.45, 2.75) is 13.0 Å². The van der Waals surface area contributed by atoms with Gasteiger partial charge >= 0.3 is 0 Å².